The van der Waals surface area contributed by atoms with E-state index in [2.05, 4.69) is 18.9 Å². The van der Waals surface area contributed by atoms with Crippen molar-refractivity contribution >= 4 is 23.6 Å². The Bertz CT molecular complexity index is 889. The molecular weight excluding hydrogens is 378 g/mol. The number of halogens is 1. The number of hydrogen-bond acceptors (Lipinski definition) is 4. The largest absolute Gasteiger partial charge is 0.486 e. The second kappa shape index (κ2) is 8.69. The van der Waals surface area contributed by atoms with Gasteiger partial charge < -0.3 is 14.4 Å². The fourth-order valence-electron chi connectivity index (χ4n) is 3.04. The van der Waals surface area contributed by atoms with Crippen LogP contribution in [-0.4, -0.2) is 40.8 Å². The topological polar surface area (TPSA) is 56.6 Å². The average molecular weight is 404 g/mol. The number of carbonyl (C=O) groups is 1. The molecular formula is C21H26ClN3O3. The summed E-state index contributed by atoms with van der Waals surface area (Å²) in [6.07, 6.45) is 3.28. The van der Waals surface area contributed by atoms with Gasteiger partial charge in [0.2, 0.25) is 5.91 Å². The molecule has 0 N–H and O–H groups in total. The number of fused-ring (bicyclic) bond motifs is 1. The van der Waals surface area contributed by atoms with Crippen LogP contribution in [0.25, 0.3) is 6.08 Å². The number of carbonyl (C=O) groups excluding carboxylic acids is 1. The third-order valence-corrected chi connectivity index (χ3v) is 4.84. The van der Waals surface area contributed by atoms with Crippen LogP contribution in [-0.2, 0) is 17.9 Å². The molecule has 2 aromatic rings. The number of hydrogen-bond donors (Lipinski definition) is 0. The Hall–Kier alpha value is -2.47. The van der Waals surface area contributed by atoms with Crippen LogP contribution in [0.4, 0.5) is 0 Å². The van der Waals surface area contributed by atoms with Crippen molar-refractivity contribution in [3.8, 4) is 11.5 Å². The molecule has 0 atom stereocenters. The lowest BCUT2D eigenvalue weighted by Crippen LogP contribution is -2.24. The first-order valence-corrected chi connectivity index (χ1v) is 9.77. The van der Waals surface area contributed by atoms with Gasteiger partial charge in [-0.3, -0.25) is 9.48 Å². The lowest BCUT2D eigenvalue weighted by Gasteiger charge is -2.20. The fourth-order valence-corrected chi connectivity index (χ4v) is 3.35. The highest BCUT2D eigenvalue weighted by molar-refractivity contribution is 6.31. The molecule has 150 valence electrons. The lowest BCUT2D eigenvalue weighted by molar-refractivity contribution is -0.125. The Labute approximate surface area is 170 Å². The summed E-state index contributed by atoms with van der Waals surface area (Å²) in [5.41, 5.74) is 2.57. The summed E-state index contributed by atoms with van der Waals surface area (Å²) in [6, 6.07) is 5.74. The number of rotatable bonds is 6. The van der Waals surface area contributed by atoms with E-state index in [9.17, 15) is 4.79 Å². The van der Waals surface area contributed by atoms with Crippen molar-refractivity contribution < 1.29 is 14.3 Å². The van der Waals surface area contributed by atoms with Gasteiger partial charge in [-0.05, 0) is 36.6 Å². The zero-order valence-electron chi connectivity index (χ0n) is 16.7. The van der Waals surface area contributed by atoms with E-state index in [-0.39, 0.29) is 5.91 Å². The third kappa shape index (κ3) is 4.68. The minimum absolute atomic E-state index is 0.109. The Morgan fingerprint density at radius 1 is 1.32 bits per heavy atom. The first-order chi connectivity index (χ1) is 13.3. The van der Waals surface area contributed by atoms with Gasteiger partial charge >= 0.3 is 0 Å². The van der Waals surface area contributed by atoms with E-state index in [0.717, 1.165) is 34.9 Å². The minimum atomic E-state index is -0.109. The Balaban J connectivity index is 1.67. The average Bonchev–Trinajstić information content (AvgIpc) is 2.92. The van der Waals surface area contributed by atoms with Gasteiger partial charge in [0.1, 0.15) is 18.4 Å². The maximum absolute atomic E-state index is 12.5. The van der Waals surface area contributed by atoms with Crippen LogP contribution in [0.5, 0.6) is 11.5 Å². The van der Waals surface area contributed by atoms with Gasteiger partial charge in [0, 0.05) is 31.8 Å². The summed E-state index contributed by atoms with van der Waals surface area (Å²) in [5.74, 6) is 1.79. The fraction of sp³-hybridized carbons (Fsp3) is 0.429. The van der Waals surface area contributed by atoms with Crippen LogP contribution in [0.1, 0.15) is 30.7 Å². The van der Waals surface area contributed by atoms with Crippen molar-refractivity contribution in [2.75, 3.05) is 20.3 Å². The van der Waals surface area contributed by atoms with Crippen molar-refractivity contribution in [1.82, 2.24) is 14.7 Å². The van der Waals surface area contributed by atoms with Gasteiger partial charge in [-0.25, -0.2) is 0 Å². The first kappa shape index (κ1) is 20.3. The van der Waals surface area contributed by atoms with Gasteiger partial charge in [0.15, 0.2) is 11.5 Å². The molecule has 0 radical (unpaired) electrons. The van der Waals surface area contributed by atoms with Crippen molar-refractivity contribution in [3.63, 3.8) is 0 Å². The van der Waals surface area contributed by atoms with Crippen LogP contribution >= 0.6 is 11.6 Å². The summed E-state index contributed by atoms with van der Waals surface area (Å²) in [4.78, 5) is 14.2. The van der Waals surface area contributed by atoms with Gasteiger partial charge in [0.05, 0.1) is 5.69 Å². The van der Waals surface area contributed by atoms with Crippen LogP contribution in [0.3, 0.4) is 0 Å². The van der Waals surface area contributed by atoms with Crippen molar-refractivity contribution in [1.29, 1.82) is 0 Å². The predicted octanol–water partition coefficient (Wildman–Crippen LogP) is 3.94. The summed E-state index contributed by atoms with van der Waals surface area (Å²) in [6.45, 7) is 8.43. The second-order valence-corrected chi connectivity index (χ2v) is 7.73. The maximum Gasteiger partial charge on any atom is 0.246 e. The molecule has 0 fully saturated rings. The molecule has 0 saturated heterocycles. The zero-order chi connectivity index (χ0) is 20.3. The molecule has 1 aromatic heterocycles. The number of aryl methyl sites for hydroxylation is 1. The minimum Gasteiger partial charge on any atom is -0.486 e. The molecule has 28 heavy (non-hydrogen) atoms. The van der Waals surface area contributed by atoms with E-state index in [1.165, 1.54) is 6.08 Å². The molecule has 1 aliphatic heterocycles. The van der Waals surface area contributed by atoms with E-state index in [4.69, 9.17) is 21.1 Å². The summed E-state index contributed by atoms with van der Waals surface area (Å²) in [7, 11) is 1.76. The quantitative estimate of drug-likeness (QED) is 0.685. The molecule has 0 spiro atoms. The van der Waals surface area contributed by atoms with Crippen LogP contribution in [0.2, 0.25) is 5.15 Å². The number of benzene rings is 1. The number of amides is 1. The molecule has 0 unspecified atom stereocenters. The molecule has 0 bridgehead atoms. The normalized spacial score (nSPS) is 13.4. The number of aromatic nitrogens is 2. The number of nitrogens with zero attached hydrogens (tertiary/aromatic N) is 3. The van der Waals surface area contributed by atoms with E-state index in [0.29, 0.717) is 30.8 Å². The Kier molecular flexibility index (Phi) is 6.29. The predicted molar refractivity (Wildman–Crippen MR) is 110 cm³/mol. The molecule has 1 aromatic carbocycles. The molecule has 7 heteroatoms. The second-order valence-electron chi connectivity index (χ2n) is 7.37. The van der Waals surface area contributed by atoms with Gasteiger partial charge in [-0.2, -0.15) is 5.10 Å². The van der Waals surface area contributed by atoms with E-state index in [1.54, 1.807) is 22.7 Å². The summed E-state index contributed by atoms with van der Waals surface area (Å²) in [5, 5.41) is 5.02. The van der Waals surface area contributed by atoms with Gasteiger partial charge in [-0.1, -0.05) is 31.5 Å². The van der Waals surface area contributed by atoms with Gasteiger partial charge in [-0.15, -0.1) is 0 Å². The maximum atomic E-state index is 12.5. The van der Waals surface area contributed by atoms with E-state index < -0.39 is 0 Å². The molecule has 6 nitrogen and oxygen atoms in total. The molecule has 3 rings (SSSR count). The summed E-state index contributed by atoms with van der Waals surface area (Å²) < 4.78 is 12.9. The van der Waals surface area contributed by atoms with Crippen LogP contribution in [0, 0.1) is 12.8 Å². The molecule has 2 heterocycles. The van der Waals surface area contributed by atoms with E-state index in [1.807, 2.05) is 25.1 Å². The van der Waals surface area contributed by atoms with Crippen molar-refractivity contribution in [3.05, 3.63) is 46.2 Å². The smallest absolute Gasteiger partial charge is 0.246 e. The number of ether oxygens (including phenoxy) is 2. The highest BCUT2D eigenvalue weighted by Crippen LogP contribution is 2.31. The first-order valence-electron chi connectivity index (χ1n) is 9.39. The third-order valence-electron chi connectivity index (χ3n) is 4.44. The standard InChI is InChI=1S/C21H26ClN3O3/c1-14(2)12-25-21(22)17(15(3)23-25)6-8-20(26)24(4)13-16-5-7-18-19(11-16)28-10-9-27-18/h5-8,11,14H,9-10,12-13H2,1-4H3/b8-6+. The number of likely N-dealkylation sites (N-methyl/N-ethyl adjacent to an activating group) is 1. The highest BCUT2D eigenvalue weighted by Gasteiger charge is 2.15. The highest BCUT2D eigenvalue weighted by atomic mass is 35.5. The Morgan fingerprint density at radius 2 is 2.04 bits per heavy atom. The van der Waals surface area contributed by atoms with Crippen molar-refractivity contribution in [2.24, 2.45) is 5.92 Å². The van der Waals surface area contributed by atoms with Crippen LogP contribution in [0.15, 0.2) is 24.3 Å². The molecule has 0 saturated carbocycles. The molecule has 0 aliphatic carbocycles. The zero-order valence-corrected chi connectivity index (χ0v) is 17.5. The summed E-state index contributed by atoms with van der Waals surface area (Å²) >= 11 is 6.43. The van der Waals surface area contributed by atoms with E-state index >= 15 is 0 Å². The lowest BCUT2D eigenvalue weighted by atomic mass is 10.1. The van der Waals surface area contributed by atoms with Gasteiger partial charge in [0.25, 0.3) is 0 Å². The van der Waals surface area contributed by atoms with Crippen molar-refractivity contribution in [2.45, 2.75) is 33.9 Å². The Morgan fingerprint density at radius 3 is 2.75 bits per heavy atom. The SMILES string of the molecule is Cc1nn(CC(C)C)c(Cl)c1/C=C/C(=O)N(C)Cc1ccc2c(c1)OCCO2. The molecule has 1 aliphatic rings. The molecule has 1 amide bonds. The van der Waals surface area contributed by atoms with Crippen LogP contribution < -0.4 is 9.47 Å². The monoisotopic (exact) mass is 403 g/mol.